The molecule has 30 heavy (non-hydrogen) atoms. The van der Waals surface area contributed by atoms with Crippen LogP contribution in [0.3, 0.4) is 0 Å². The first-order valence-corrected chi connectivity index (χ1v) is 13.8. The Bertz CT molecular complexity index is 1170. The zero-order valence-corrected chi connectivity index (χ0v) is 19.2. The minimum atomic E-state index is -3.77. The van der Waals surface area contributed by atoms with Gasteiger partial charge in [0.15, 0.2) is 0 Å². The fourth-order valence-corrected chi connectivity index (χ4v) is 5.39. The Labute approximate surface area is 178 Å². The normalized spacial score (nSPS) is 12.8. The summed E-state index contributed by atoms with van der Waals surface area (Å²) in [7, 11) is -10.8. The van der Waals surface area contributed by atoms with Crippen molar-refractivity contribution in [3.8, 4) is 0 Å². The molecule has 0 saturated heterocycles. The largest absolute Gasteiger partial charge is 0.284 e. The average Bonchev–Trinajstić information content (AvgIpc) is 2.60. The number of benzene rings is 2. The van der Waals surface area contributed by atoms with Crippen molar-refractivity contribution in [2.75, 3.05) is 17.5 Å². The maximum Gasteiger partial charge on any atom is 0.240 e. The summed E-state index contributed by atoms with van der Waals surface area (Å²) in [4.78, 5) is 0.145. The van der Waals surface area contributed by atoms with Gasteiger partial charge in [0, 0.05) is 18.3 Å². The summed E-state index contributed by atoms with van der Waals surface area (Å²) in [6.45, 7) is 3.57. The topological polar surface area (TPSA) is 139 Å². The van der Waals surface area contributed by atoms with Gasteiger partial charge in [0.1, 0.15) is 0 Å². The lowest BCUT2D eigenvalue weighted by molar-refractivity contribution is 0.569. The molecule has 0 saturated carbocycles. The smallest absolute Gasteiger partial charge is 0.240 e. The highest BCUT2D eigenvalue weighted by Crippen LogP contribution is 2.15. The Hall–Kier alpha value is -1.99. The molecule has 0 aliphatic heterocycles. The van der Waals surface area contributed by atoms with E-state index in [1.165, 1.54) is 36.4 Å². The van der Waals surface area contributed by atoms with Crippen LogP contribution in [0, 0.1) is 0 Å². The summed E-state index contributed by atoms with van der Waals surface area (Å²) in [5.41, 5.74) is 1.03. The summed E-state index contributed by atoms with van der Waals surface area (Å²) in [5, 5.41) is 0. The van der Waals surface area contributed by atoms with Crippen molar-refractivity contribution >= 4 is 35.8 Å². The van der Waals surface area contributed by atoms with Gasteiger partial charge in [0.05, 0.1) is 16.0 Å². The van der Waals surface area contributed by atoms with Crippen molar-refractivity contribution < 1.29 is 25.3 Å². The van der Waals surface area contributed by atoms with Crippen LogP contribution in [0.4, 0.5) is 5.69 Å². The molecule has 12 heteroatoms. The second kappa shape index (κ2) is 9.43. The molecular weight excluding hydrogens is 450 g/mol. The molecule has 0 aromatic heterocycles. The van der Waals surface area contributed by atoms with Crippen molar-refractivity contribution in [2.45, 2.75) is 36.1 Å². The quantitative estimate of drug-likeness (QED) is 0.473. The molecule has 0 unspecified atom stereocenters. The van der Waals surface area contributed by atoms with Crippen LogP contribution >= 0.6 is 0 Å². The van der Waals surface area contributed by atoms with Crippen LogP contribution in [-0.4, -0.2) is 44.1 Å². The summed E-state index contributed by atoms with van der Waals surface area (Å²) in [6, 6.07) is 11.3. The van der Waals surface area contributed by atoms with Gasteiger partial charge >= 0.3 is 0 Å². The van der Waals surface area contributed by atoms with Crippen molar-refractivity contribution in [2.24, 2.45) is 0 Å². The zero-order chi connectivity index (χ0) is 22.6. The van der Waals surface area contributed by atoms with Crippen molar-refractivity contribution in [3.63, 3.8) is 0 Å². The number of anilines is 1. The second-order valence-electron chi connectivity index (χ2n) is 6.97. The van der Waals surface area contributed by atoms with Gasteiger partial charge in [-0.3, -0.25) is 4.72 Å². The van der Waals surface area contributed by atoms with E-state index in [0.717, 1.165) is 11.8 Å². The third kappa shape index (κ3) is 7.36. The van der Waals surface area contributed by atoms with Crippen molar-refractivity contribution in [3.05, 3.63) is 54.1 Å². The minimum absolute atomic E-state index is 0.00255. The summed E-state index contributed by atoms with van der Waals surface area (Å²) < 4.78 is 78.6. The molecule has 0 atom stereocenters. The first kappa shape index (κ1) is 24.3. The van der Waals surface area contributed by atoms with Gasteiger partial charge < -0.3 is 0 Å². The van der Waals surface area contributed by atoms with Gasteiger partial charge in [-0.15, -0.1) is 0 Å². The highest BCUT2D eigenvalue weighted by atomic mass is 32.2. The molecule has 0 radical (unpaired) electrons. The van der Waals surface area contributed by atoms with Crippen LogP contribution in [0.1, 0.15) is 19.4 Å². The predicted octanol–water partition coefficient (Wildman–Crippen LogP) is 1.27. The molecule has 2 aromatic carbocycles. The highest BCUT2D eigenvalue weighted by molar-refractivity contribution is 7.92. The number of sulfonamides is 3. The molecule has 0 aliphatic carbocycles. The Morgan fingerprint density at radius 3 is 1.77 bits per heavy atom. The van der Waals surface area contributed by atoms with Gasteiger partial charge in [0.2, 0.25) is 30.1 Å². The fraction of sp³-hybridized carbons (Fsp3) is 0.333. The predicted molar refractivity (Wildman–Crippen MR) is 116 cm³/mol. The van der Waals surface area contributed by atoms with E-state index >= 15 is 0 Å². The lowest BCUT2D eigenvalue weighted by Crippen LogP contribution is -2.30. The molecule has 0 amide bonds. The Morgan fingerprint density at radius 1 is 0.767 bits per heavy atom. The van der Waals surface area contributed by atoms with E-state index in [9.17, 15) is 25.3 Å². The molecule has 166 valence electrons. The van der Waals surface area contributed by atoms with E-state index < -0.39 is 30.1 Å². The molecule has 0 spiro atoms. The highest BCUT2D eigenvalue weighted by Gasteiger charge is 2.16. The Balaban J connectivity index is 1.97. The molecule has 0 fully saturated rings. The molecule has 3 N–H and O–H groups in total. The summed E-state index contributed by atoms with van der Waals surface area (Å²) in [5.74, 6) is 0. The molecule has 0 bridgehead atoms. The van der Waals surface area contributed by atoms with Crippen LogP contribution in [0.5, 0.6) is 0 Å². The number of nitrogens with one attached hydrogen (secondary N) is 3. The molecule has 2 aromatic rings. The van der Waals surface area contributed by atoms with Crippen molar-refractivity contribution in [1.29, 1.82) is 0 Å². The zero-order valence-electron chi connectivity index (χ0n) is 16.8. The fourth-order valence-electron chi connectivity index (χ4n) is 2.54. The van der Waals surface area contributed by atoms with Crippen LogP contribution < -0.4 is 14.2 Å². The molecule has 0 aliphatic rings. The van der Waals surface area contributed by atoms with E-state index in [4.69, 9.17) is 0 Å². The van der Waals surface area contributed by atoms with Gasteiger partial charge in [-0.05, 0) is 62.2 Å². The first-order chi connectivity index (χ1) is 13.8. The number of hydrogen-bond acceptors (Lipinski definition) is 6. The summed E-state index contributed by atoms with van der Waals surface area (Å²) in [6.07, 6.45) is 1.37. The lowest BCUT2D eigenvalue weighted by atomic mass is 10.2. The van der Waals surface area contributed by atoms with Crippen molar-refractivity contribution in [1.82, 2.24) is 9.44 Å². The van der Waals surface area contributed by atoms with Gasteiger partial charge in [0.25, 0.3) is 0 Å². The van der Waals surface area contributed by atoms with Crippen LogP contribution in [0.15, 0.2) is 58.3 Å². The minimum Gasteiger partial charge on any atom is -0.284 e. The Kier molecular flexibility index (Phi) is 7.64. The SMILES string of the molecule is CC(C)NS(=O)(=O)c1ccc(CCNS(=O)(=O)c2ccc(NS(C)(=O)=O)cc2)cc1. The van der Waals surface area contributed by atoms with E-state index in [-0.39, 0.29) is 28.1 Å². The monoisotopic (exact) mass is 475 g/mol. The van der Waals surface area contributed by atoms with Crippen LogP contribution in [0.25, 0.3) is 0 Å². The standard InChI is InChI=1S/C18H25N3O6S3/c1-14(2)20-30(26,27)18-8-4-15(5-9-18)12-13-19-29(24,25)17-10-6-16(7-11-17)21-28(3,22)23/h4-11,14,19-21H,12-13H2,1-3H3. The van der Waals surface area contributed by atoms with Crippen LogP contribution in [0.2, 0.25) is 0 Å². The first-order valence-electron chi connectivity index (χ1n) is 8.97. The Morgan fingerprint density at radius 2 is 1.27 bits per heavy atom. The van der Waals surface area contributed by atoms with Gasteiger partial charge in [-0.25, -0.2) is 34.7 Å². The molecule has 9 nitrogen and oxygen atoms in total. The number of rotatable bonds is 10. The van der Waals surface area contributed by atoms with E-state index in [0.29, 0.717) is 6.42 Å². The van der Waals surface area contributed by atoms with E-state index in [1.54, 1.807) is 26.0 Å². The summed E-state index contributed by atoms with van der Waals surface area (Å²) >= 11 is 0. The number of hydrogen-bond donors (Lipinski definition) is 3. The van der Waals surface area contributed by atoms with Crippen LogP contribution in [-0.2, 0) is 36.5 Å². The van der Waals surface area contributed by atoms with E-state index in [2.05, 4.69) is 14.2 Å². The van der Waals surface area contributed by atoms with E-state index in [1.807, 2.05) is 0 Å². The third-order valence-electron chi connectivity index (χ3n) is 3.80. The third-order valence-corrected chi connectivity index (χ3v) is 7.56. The molecule has 2 rings (SSSR count). The maximum absolute atomic E-state index is 12.4. The lowest BCUT2D eigenvalue weighted by Gasteiger charge is -2.10. The van der Waals surface area contributed by atoms with Gasteiger partial charge in [-0.2, -0.15) is 0 Å². The maximum atomic E-state index is 12.4. The molecule has 0 heterocycles. The average molecular weight is 476 g/mol. The second-order valence-corrected chi connectivity index (χ2v) is 12.2. The van der Waals surface area contributed by atoms with Gasteiger partial charge in [-0.1, -0.05) is 12.1 Å². The molecular formula is C18H25N3O6S3.